The molecule has 92 valence electrons. The summed E-state index contributed by atoms with van der Waals surface area (Å²) >= 11 is 3.66. The smallest absolute Gasteiger partial charge is 0.157 e. The van der Waals surface area contributed by atoms with Crippen LogP contribution in [0.1, 0.15) is 50.1 Å². The van der Waals surface area contributed by atoms with Crippen LogP contribution in [-0.2, 0) is 6.42 Å². The van der Waals surface area contributed by atoms with Crippen molar-refractivity contribution in [2.75, 3.05) is 0 Å². The molecule has 2 rings (SSSR count). The largest absolute Gasteiger partial charge is 0.212 e. The number of aromatic nitrogens is 3. The zero-order valence-corrected chi connectivity index (χ0v) is 12.4. The van der Waals surface area contributed by atoms with E-state index >= 15 is 0 Å². The minimum atomic E-state index is 0.479. The van der Waals surface area contributed by atoms with Crippen molar-refractivity contribution in [2.45, 2.75) is 46.5 Å². The summed E-state index contributed by atoms with van der Waals surface area (Å²) in [4.78, 5) is 4.55. The topological polar surface area (TPSA) is 30.2 Å². The highest BCUT2D eigenvalue weighted by molar-refractivity contribution is 9.10. The Hall–Kier alpha value is -0.900. The van der Waals surface area contributed by atoms with Gasteiger partial charge in [0.25, 0.3) is 0 Å². The maximum atomic E-state index is 4.55. The second-order valence-corrected chi connectivity index (χ2v) is 5.49. The molecule has 2 aromatic heterocycles. The summed E-state index contributed by atoms with van der Waals surface area (Å²) < 4.78 is 2.95. The first-order valence-electron chi connectivity index (χ1n) is 6.09. The highest BCUT2D eigenvalue weighted by atomic mass is 79.9. The number of aryl methyl sites for hydroxylation is 2. The van der Waals surface area contributed by atoms with Crippen molar-refractivity contribution in [3.8, 4) is 0 Å². The van der Waals surface area contributed by atoms with Gasteiger partial charge in [0.2, 0.25) is 0 Å². The van der Waals surface area contributed by atoms with Gasteiger partial charge in [0.05, 0.1) is 0 Å². The second-order valence-electron chi connectivity index (χ2n) is 4.73. The van der Waals surface area contributed by atoms with Crippen LogP contribution in [0.4, 0.5) is 0 Å². The lowest BCUT2D eigenvalue weighted by molar-refractivity contribution is 0.784. The van der Waals surface area contributed by atoms with Gasteiger partial charge in [-0.25, -0.2) is 9.50 Å². The van der Waals surface area contributed by atoms with Crippen molar-refractivity contribution in [3.63, 3.8) is 0 Å². The highest BCUT2D eigenvalue weighted by Gasteiger charge is 2.14. The molecule has 0 N–H and O–H groups in total. The van der Waals surface area contributed by atoms with Crippen LogP contribution < -0.4 is 0 Å². The Bertz CT molecular complexity index is 543. The minimum Gasteiger partial charge on any atom is -0.212 e. The Balaban J connectivity index is 2.65. The maximum Gasteiger partial charge on any atom is 0.157 e. The van der Waals surface area contributed by atoms with E-state index in [1.807, 2.05) is 4.52 Å². The van der Waals surface area contributed by atoms with E-state index in [2.05, 4.69) is 59.8 Å². The Morgan fingerprint density at radius 2 is 2.12 bits per heavy atom. The average Bonchev–Trinajstić information content (AvgIpc) is 2.60. The van der Waals surface area contributed by atoms with Gasteiger partial charge >= 0.3 is 0 Å². The molecular formula is C13H18BrN3. The summed E-state index contributed by atoms with van der Waals surface area (Å²) in [6.45, 7) is 8.67. The summed E-state index contributed by atoms with van der Waals surface area (Å²) in [6, 6.07) is 2.12. The summed E-state index contributed by atoms with van der Waals surface area (Å²) in [5.41, 5.74) is 3.52. The first-order chi connectivity index (χ1) is 8.04. The normalized spacial score (nSPS) is 11.6. The van der Waals surface area contributed by atoms with E-state index < -0.39 is 0 Å². The molecule has 0 bridgehead atoms. The Morgan fingerprint density at radius 3 is 2.71 bits per heavy atom. The monoisotopic (exact) mass is 295 g/mol. The third kappa shape index (κ3) is 2.23. The molecule has 4 heteroatoms. The van der Waals surface area contributed by atoms with Gasteiger partial charge in [-0.3, -0.25) is 0 Å². The Labute approximate surface area is 110 Å². The van der Waals surface area contributed by atoms with Crippen molar-refractivity contribution >= 4 is 21.6 Å². The van der Waals surface area contributed by atoms with Gasteiger partial charge in [-0.05, 0) is 52.4 Å². The van der Waals surface area contributed by atoms with Crippen LogP contribution in [0.5, 0.6) is 0 Å². The fourth-order valence-electron chi connectivity index (χ4n) is 2.18. The van der Waals surface area contributed by atoms with Crippen molar-refractivity contribution in [3.05, 3.63) is 27.6 Å². The summed E-state index contributed by atoms with van der Waals surface area (Å²) in [5.74, 6) is 1.40. The average molecular weight is 296 g/mol. The number of hydrogen-bond donors (Lipinski definition) is 0. The predicted molar refractivity (Wildman–Crippen MR) is 73.5 cm³/mol. The standard InChI is InChI=1S/C13H18BrN3/c1-5-6-10-15-11-7-9(4)12(8(2)3)13(14)17(11)16-10/h7-8H,5-6H2,1-4H3. The summed E-state index contributed by atoms with van der Waals surface area (Å²) in [5, 5.41) is 4.54. The molecule has 0 spiro atoms. The van der Waals surface area contributed by atoms with Crippen LogP contribution in [0.15, 0.2) is 10.7 Å². The lowest BCUT2D eigenvalue weighted by Crippen LogP contribution is -2.01. The SMILES string of the molecule is CCCc1nc2cc(C)c(C(C)C)c(Br)n2n1. The van der Waals surface area contributed by atoms with Crippen LogP contribution in [0.3, 0.4) is 0 Å². The van der Waals surface area contributed by atoms with Gasteiger partial charge in [-0.15, -0.1) is 0 Å². The fourth-order valence-corrected chi connectivity index (χ4v) is 3.21. The summed E-state index contributed by atoms with van der Waals surface area (Å²) in [6.07, 6.45) is 2.01. The zero-order valence-electron chi connectivity index (χ0n) is 10.8. The Kier molecular flexibility index (Phi) is 3.52. The third-order valence-electron chi connectivity index (χ3n) is 2.91. The minimum absolute atomic E-state index is 0.479. The number of hydrogen-bond acceptors (Lipinski definition) is 2. The Morgan fingerprint density at radius 1 is 1.41 bits per heavy atom. The van der Waals surface area contributed by atoms with Crippen molar-refractivity contribution < 1.29 is 0 Å². The molecule has 0 saturated carbocycles. The molecule has 0 aromatic carbocycles. The molecule has 0 aliphatic heterocycles. The first-order valence-corrected chi connectivity index (χ1v) is 6.88. The molecule has 3 nitrogen and oxygen atoms in total. The van der Waals surface area contributed by atoms with Crippen molar-refractivity contribution in [1.82, 2.24) is 14.6 Å². The second kappa shape index (κ2) is 4.77. The van der Waals surface area contributed by atoms with Gasteiger partial charge in [-0.1, -0.05) is 20.8 Å². The van der Waals surface area contributed by atoms with E-state index in [-0.39, 0.29) is 0 Å². The lowest BCUT2D eigenvalue weighted by atomic mass is 10.0. The van der Waals surface area contributed by atoms with Crippen LogP contribution >= 0.6 is 15.9 Å². The molecule has 0 aliphatic carbocycles. The van der Waals surface area contributed by atoms with E-state index in [9.17, 15) is 0 Å². The van der Waals surface area contributed by atoms with E-state index in [0.717, 1.165) is 28.9 Å². The molecule has 0 amide bonds. The van der Waals surface area contributed by atoms with Gasteiger partial charge in [0.15, 0.2) is 11.5 Å². The van der Waals surface area contributed by atoms with Crippen molar-refractivity contribution in [1.29, 1.82) is 0 Å². The number of halogens is 1. The van der Waals surface area contributed by atoms with E-state index in [1.165, 1.54) is 11.1 Å². The van der Waals surface area contributed by atoms with E-state index in [0.29, 0.717) is 5.92 Å². The number of rotatable bonds is 3. The molecule has 0 radical (unpaired) electrons. The quantitative estimate of drug-likeness (QED) is 0.805. The number of nitrogens with zero attached hydrogens (tertiary/aromatic N) is 3. The molecule has 0 fully saturated rings. The van der Waals surface area contributed by atoms with Crippen LogP contribution in [-0.4, -0.2) is 14.6 Å². The molecule has 0 saturated heterocycles. The molecule has 2 heterocycles. The van der Waals surface area contributed by atoms with E-state index in [1.54, 1.807) is 0 Å². The zero-order chi connectivity index (χ0) is 12.6. The maximum absolute atomic E-state index is 4.55. The van der Waals surface area contributed by atoms with E-state index in [4.69, 9.17) is 0 Å². The molecule has 0 unspecified atom stereocenters. The molecule has 0 aliphatic rings. The fraction of sp³-hybridized carbons (Fsp3) is 0.538. The summed E-state index contributed by atoms with van der Waals surface area (Å²) in [7, 11) is 0. The molecular weight excluding hydrogens is 278 g/mol. The van der Waals surface area contributed by atoms with Gasteiger partial charge in [0.1, 0.15) is 4.60 Å². The highest BCUT2D eigenvalue weighted by Crippen LogP contribution is 2.28. The molecule has 17 heavy (non-hydrogen) atoms. The van der Waals surface area contributed by atoms with Crippen LogP contribution in [0.25, 0.3) is 5.65 Å². The van der Waals surface area contributed by atoms with Crippen LogP contribution in [0.2, 0.25) is 0 Å². The van der Waals surface area contributed by atoms with Gasteiger partial charge in [-0.2, -0.15) is 5.10 Å². The predicted octanol–water partition coefficient (Wildman–Crippen LogP) is 3.88. The van der Waals surface area contributed by atoms with Crippen LogP contribution in [0, 0.1) is 6.92 Å². The van der Waals surface area contributed by atoms with Gasteiger partial charge in [0, 0.05) is 6.42 Å². The first kappa shape index (κ1) is 12.6. The number of pyridine rings is 1. The van der Waals surface area contributed by atoms with Gasteiger partial charge < -0.3 is 0 Å². The molecule has 2 aromatic rings. The third-order valence-corrected chi connectivity index (χ3v) is 3.67. The van der Waals surface area contributed by atoms with Crippen molar-refractivity contribution in [2.24, 2.45) is 0 Å². The lowest BCUT2D eigenvalue weighted by Gasteiger charge is -2.12. The number of fused-ring (bicyclic) bond motifs is 1. The molecule has 0 atom stereocenters.